The number of hydroxylamine groups is 1. The molecule has 0 heterocycles. The summed E-state index contributed by atoms with van der Waals surface area (Å²) < 4.78 is 5.58. The minimum Gasteiger partial charge on any atom is -0.479 e. The van der Waals surface area contributed by atoms with Crippen LogP contribution in [0.2, 0.25) is 0 Å². The lowest BCUT2D eigenvalue weighted by molar-refractivity contribution is -0.151. The first-order chi connectivity index (χ1) is 16.0. The van der Waals surface area contributed by atoms with Gasteiger partial charge in [-0.15, -0.1) is 0 Å². The van der Waals surface area contributed by atoms with Gasteiger partial charge < -0.3 is 15.2 Å². The van der Waals surface area contributed by atoms with Crippen LogP contribution in [0.1, 0.15) is 42.7 Å². The highest BCUT2D eigenvalue weighted by atomic mass is 16.7. The summed E-state index contributed by atoms with van der Waals surface area (Å²) >= 11 is 0. The summed E-state index contributed by atoms with van der Waals surface area (Å²) in [6, 6.07) is 16.3. The molecule has 1 fully saturated rings. The molecule has 0 bridgehead atoms. The van der Waals surface area contributed by atoms with Crippen molar-refractivity contribution in [1.29, 1.82) is 0 Å². The quantitative estimate of drug-likeness (QED) is 0.529. The first-order valence-corrected chi connectivity index (χ1v) is 11.3. The number of amides is 2. The summed E-state index contributed by atoms with van der Waals surface area (Å²) in [5.74, 6) is -1.93. The third kappa shape index (κ3) is 5.34. The van der Waals surface area contributed by atoms with Gasteiger partial charge in [0.1, 0.15) is 6.61 Å². The standard InChI is InChI=1S/C25H28N2O6/c28-23(29)15-33-27-24(30)17-8-2-1-7-16(17)13-26-25(31)32-14-22-20-11-5-3-9-18(20)19-10-4-6-12-21(19)22/h3-6,9-12,16-17,22H,1-2,7-8,13-15H2,(H,26,31)(H,27,30)(H,28,29)/t16-,17-/m0/s1. The molecule has 33 heavy (non-hydrogen) atoms. The Morgan fingerprint density at radius 1 is 0.939 bits per heavy atom. The minimum absolute atomic E-state index is 0.0114. The largest absolute Gasteiger partial charge is 0.479 e. The van der Waals surface area contributed by atoms with E-state index in [1.54, 1.807) is 0 Å². The van der Waals surface area contributed by atoms with Crippen LogP contribution in [0, 0.1) is 11.8 Å². The number of alkyl carbamates (subject to hydrolysis) is 1. The second kappa shape index (κ2) is 10.5. The molecule has 2 aliphatic rings. The van der Waals surface area contributed by atoms with Crippen LogP contribution < -0.4 is 10.8 Å². The van der Waals surface area contributed by atoms with Crippen LogP contribution in [0.4, 0.5) is 4.79 Å². The van der Waals surface area contributed by atoms with Gasteiger partial charge in [0, 0.05) is 18.4 Å². The van der Waals surface area contributed by atoms with Gasteiger partial charge in [-0.3, -0.25) is 9.63 Å². The number of fused-ring (bicyclic) bond motifs is 3. The molecule has 8 heteroatoms. The van der Waals surface area contributed by atoms with Gasteiger partial charge in [0.2, 0.25) is 5.91 Å². The summed E-state index contributed by atoms with van der Waals surface area (Å²) in [4.78, 5) is 40.1. The third-order valence-electron chi connectivity index (χ3n) is 6.47. The van der Waals surface area contributed by atoms with Crippen LogP contribution in [-0.4, -0.2) is 42.8 Å². The Balaban J connectivity index is 1.30. The Morgan fingerprint density at radius 3 is 2.24 bits per heavy atom. The number of carbonyl (C=O) groups is 3. The van der Waals surface area contributed by atoms with E-state index in [1.807, 2.05) is 24.3 Å². The van der Waals surface area contributed by atoms with Crippen molar-refractivity contribution in [3.63, 3.8) is 0 Å². The monoisotopic (exact) mass is 452 g/mol. The molecule has 0 saturated heterocycles. The Morgan fingerprint density at radius 2 is 1.58 bits per heavy atom. The van der Waals surface area contributed by atoms with Crippen molar-refractivity contribution >= 4 is 18.0 Å². The van der Waals surface area contributed by atoms with Gasteiger partial charge in [0.25, 0.3) is 0 Å². The van der Waals surface area contributed by atoms with Crippen molar-refractivity contribution in [1.82, 2.24) is 10.8 Å². The number of carboxylic acids is 1. The Labute approximate surface area is 192 Å². The number of rotatable bonds is 8. The zero-order valence-corrected chi connectivity index (χ0v) is 18.3. The van der Waals surface area contributed by atoms with E-state index in [0.717, 1.165) is 30.4 Å². The summed E-state index contributed by atoms with van der Waals surface area (Å²) in [6.07, 6.45) is 2.82. The molecule has 2 aliphatic carbocycles. The average molecular weight is 453 g/mol. The summed E-state index contributed by atoms with van der Waals surface area (Å²) in [6.45, 7) is -0.0493. The maximum absolute atomic E-state index is 12.5. The molecule has 0 radical (unpaired) electrons. The Bertz CT molecular complexity index is 978. The highest BCUT2D eigenvalue weighted by Crippen LogP contribution is 2.44. The third-order valence-corrected chi connectivity index (χ3v) is 6.47. The van der Waals surface area contributed by atoms with Crippen LogP contribution in [0.25, 0.3) is 11.1 Å². The first-order valence-electron chi connectivity index (χ1n) is 11.3. The van der Waals surface area contributed by atoms with Crippen molar-refractivity contribution in [3.05, 3.63) is 59.7 Å². The van der Waals surface area contributed by atoms with Gasteiger partial charge in [-0.1, -0.05) is 61.4 Å². The van der Waals surface area contributed by atoms with Crippen molar-refractivity contribution < 1.29 is 29.1 Å². The van der Waals surface area contributed by atoms with Crippen LogP contribution in [0.15, 0.2) is 48.5 Å². The molecule has 4 rings (SSSR count). The van der Waals surface area contributed by atoms with E-state index in [2.05, 4.69) is 35.1 Å². The van der Waals surface area contributed by atoms with Crippen molar-refractivity contribution in [2.75, 3.05) is 19.8 Å². The molecule has 2 aromatic rings. The predicted molar refractivity (Wildman–Crippen MR) is 120 cm³/mol. The van der Waals surface area contributed by atoms with Crippen molar-refractivity contribution in [2.24, 2.45) is 11.8 Å². The minimum atomic E-state index is -1.16. The first kappa shape index (κ1) is 22.8. The zero-order valence-electron chi connectivity index (χ0n) is 18.3. The van der Waals surface area contributed by atoms with Gasteiger partial charge >= 0.3 is 12.1 Å². The van der Waals surface area contributed by atoms with E-state index in [9.17, 15) is 14.4 Å². The summed E-state index contributed by atoms with van der Waals surface area (Å²) in [5, 5.41) is 11.4. The molecular formula is C25H28N2O6. The number of ether oxygens (including phenoxy) is 1. The van der Waals surface area contributed by atoms with Crippen LogP contribution in [0.5, 0.6) is 0 Å². The predicted octanol–water partition coefficient (Wildman–Crippen LogP) is 3.46. The number of aliphatic carboxylic acids is 1. The molecule has 8 nitrogen and oxygen atoms in total. The average Bonchev–Trinajstić information content (AvgIpc) is 3.15. The van der Waals surface area contributed by atoms with E-state index in [4.69, 9.17) is 14.7 Å². The Kier molecular flexibility index (Phi) is 7.24. The van der Waals surface area contributed by atoms with Gasteiger partial charge in [-0.05, 0) is 41.0 Å². The molecule has 2 aromatic carbocycles. The number of nitrogens with one attached hydrogen (secondary N) is 2. The summed E-state index contributed by atoms with van der Waals surface area (Å²) in [5.41, 5.74) is 6.86. The molecule has 0 aliphatic heterocycles. The number of hydrogen-bond acceptors (Lipinski definition) is 5. The lowest BCUT2D eigenvalue weighted by Gasteiger charge is -2.30. The van der Waals surface area contributed by atoms with Crippen LogP contribution >= 0.6 is 0 Å². The smallest absolute Gasteiger partial charge is 0.407 e. The van der Waals surface area contributed by atoms with E-state index < -0.39 is 18.7 Å². The lowest BCUT2D eigenvalue weighted by atomic mass is 9.79. The maximum Gasteiger partial charge on any atom is 0.407 e. The van der Waals surface area contributed by atoms with E-state index in [-0.39, 0.29) is 30.3 Å². The highest BCUT2D eigenvalue weighted by molar-refractivity contribution is 5.79. The fourth-order valence-electron chi connectivity index (χ4n) is 4.91. The number of benzene rings is 2. The zero-order chi connectivity index (χ0) is 23.2. The normalized spacial score (nSPS) is 19.3. The maximum atomic E-state index is 12.5. The van der Waals surface area contributed by atoms with E-state index in [1.165, 1.54) is 11.1 Å². The van der Waals surface area contributed by atoms with E-state index in [0.29, 0.717) is 13.0 Å². The SMILES string of the molecule is O=C(O)CONC(=O)[C@H]1CCCC[C@H]1CNC(=O)OCC1c2ccccc2-c2ccccc21. The lowest BCUT2D eigenvalue weighted by Crippen LogP contribution is -2.42. The van der Waals surface area contributed by atoms with Crippen LogP contribution in [0.3, 0.4) is 0 Å². The molecule has 0 spiro atoms. The number of carbonyl (C=O) groups excluding carboxylic acids is 2. The van der Waals surface area contributed by atoms with Crippen molar-refractivity contribution in [2.45, 2.75) is 31.6 Å². The Hall–Kier alpha value is -3.39. The molecule has 2 amide bonds. The van der Waals surface area contributed by atoms with Crippen molar-refractivity contribution in [3.8, 4) is 11.1 Å². The molecule has 174 valence electrons. The van der Waals surface area contributed by atoms with Gasteiger partial charge in [0.05, 0.1) is 0 Å². The van der Waals surface area contributed by atoms with Gasteiger partial charge in [0.15, 0.2) is 6.61 Å². The molecule has 0 unspecified atom stereocenters. The van der Waals surface area contributed by atoms with Gasteiger partial charge in [-0.2, -0.15) is 0 Å². The number of hydrogen-bond donors (Lipinski definition) is 3. The molecule has 2 atom stereocenters. The van der Waals surface area contributed by atoms with Gasteiger partial charge in [-0.25, -0.2) is 15.1 Å². The molecule has 3 N–H and O–H groups in total. The summed E-state index contributed by atoms with van der Waals surface area (Å²) in [7, 11) is 0. The number of carboxylic acid groups (broad SMARTS) is 1. The molecule has 0 aromatic heterocycles. The molecule has 1 saturated carbocycles. The fourth-order valence-corrected chi connectivity index (χ4v) is 4.91. The topological polar surface area (TPSA) is 114 Å². The fraction of sp³-hybridized carbons (Fsp3) is 0.400. The second-order valence-corrected chi connectivity index (χ2v) is 8.51. The highest BCUT2D eigenvalue weighted by Gasteiger charge is 2.32. The van der Waals surface area contributed by atoms with Crippen LogP contribution in [-0.2, 0) is 19.2 Å². The van der Waals surface area contributed by atoms with E-state index >= 15 is 0 Å². The second-order valence-electron chi connectivity index (χ2n) is 8.51. The molecular weight excluding hydrogens is 424 g/mol.